The van der Waals surface area contributed by atoms with Crippen LogP contribution < -0.4 is 19.7 Å². The summed E-state index contributed by atoms with van der Waals surface area (Å²) in [6.45, 7) is 5.48. The normalized spacial score (nSPS) is 22.7. The van der Waals surface area contributed by atoms with Gasteiger partial charge in [0.15, 0.2) is 0 Å². The molecule has 2 heterocycles. The van der Waals surface area contributed by atoms with E-state index in [1.54, 1.807) is 7.11 Å². The number of para-hydroxylation sites is 3. The Labute approximate surface area is 220 Å². The van der Waals surface area contributed by atoms with Crippen molar-refractivity contribution in [3.63, 3.8) is 0 Å². The molecular weight excluding hydrogens is 466 g/mol. The first-order valence-corrected chi connectivity index (χ1v) is 14.0. The van der Waals surface area contributed by atoms with Crippen LogP contribution >= 0.6 is 0 Å². The summed E-state index contributed by atoms with van der Waals surface area (Å²) in [4.78, 5) is 17.9. The summed E-state index contributed by atoms with van der Waals surface area (Å²) in [6, 6.07) is 13.7. The first-order chi connectivity index (χ1) is 18.1. The maximum absolute atomic E-state index is 13.1. The van der Waals surface area contributed by atoms with E-state index < -0.39 is 6.10 Å². The summed E-state index contributed by atoms with van der Waals surface area (Å²) in [5.74, 6) is 1.86. The van der Waals surface area contributed by atoms with Gasteiger partial charge in [0.05, 0.1) is 24.5 Å². The van der Waals surface area contributed by atoms with Gasteiger partial charge < -0.3 is 24.8 Å². The van der Waals surface area contributed by atoms with E-state index >= 15 is 0 Å². The molecule has 2 aliphatic heterocycles. The second-order valence-electron chi connectivity index (χ2n) is 10.6. The fourth-order valence-electron chi connectivity index (χ4n) is 6.17. The zero-order valence-corrected chi connectivity index (χ0v) is 22.0. The second-order valence-corrected chi connectivity index (χ2v) is 10.6. The number of nitrogens with one attached hydrogen (secondary N) is 1. The highest BCUT2D eigenvalue weighted by Crippen LogP contribution is 2.42. The molecule has 3 aliphatic rings. The van der Waals surface area contributed by atoms with Crippen LogP contribution in [0, 0.1) is 5.92 Å². The molecule has 5 rings (SSSR count). The van der Waals surface area contributed by atoms with Crippen molar-refractivity contribution in [2.45, 2.75) is 57.2 Å². The first-order valence-electron chi connectivity index (χ1n) is 14.0. The minimum Gasteiger partial charge on any atom is -0.495 e. The predicted octanol–water partition coefficient (Wildman–Crippen LogP) is 4.40. The van der Waals surface area contributed by atoms with Gasteiger partial charge >= 0.3 is 0 Å². The lowest BCUT2D eigenvalue weighted by molar-refractivity contribution is 0.0226. The molecule has 0 spiro atoms. The monoisotopic (exact) mass is 507 g/mol. The summed E-state index contributed by atoms with van der Waals surface area (Å²) in [7, 11) is 1.72. The van der Waals surface area contributed by atoms with Crippen molar-refractivity contribution in [1.29, 1.82) is 0 Å². The van der Waals surface area contributed by atoms with E-state index in [1.165, 1.54) is 19.3 Å². The van der Waals surface area contributed by atoms with Gasteiger partial charge in [-0.25, -0.2) is 0 Å². The minimum atomic E-state index is -0.571. The average Bonchev–Trinajstić information content (AvgIpc) is 2.95. The minimum absolute atomic E-state index is 0.00808. The van der Waals surface area contributed by atoms with E-state index in [0.717, 1.165) is 69.0 Å². The highest BCUT2D eigenvalue weighted by Gasteiger charge is 2.35. The maximum atomic E-state index is 13.1. The number of aliphatic hydroxyl groups is 1. The van der Waals surface area contributed by atoms with E-state index in [0.29, 0.717) is 30.2 Å². The fraction of sp³-hybridized carbons (Fsp3) is 0.567. The molecule has 0 aromatic heterocycles. The number of nitrogens with zero attached hydrogens (tertiary/aromatic N) is 2. The number of hydrogen-bond acceptors (Lipinski definition) is 6. The van der Waals surface area contributed by atoms with E-state index in [4.69, 9.17) is 9.47 Å². The Morgan fingerprint density at radius 2 is 1.84 bits per heavy atom. The largest absolute Gasteiger partial charge is 0.495 e. The number of carbonyl (C=O) groups is 1. The Bertz CT molecular complexity index is 1050. The quantitative estimate of drug-likeness (QED) is 0.516. The molecule has 2 N–H and O–H groups in total. The van der Waals surface area contributed by atoms with Gasteiger partial charge in [-0.05, 0) is 49.9 Å². The van der Waals surface area contributed by atoms with Crippen LogP contribution in [-0.4, -0.2) is 68.4 Å². The van der Waals surface area contributed by atoms with Crippen LogP contribution in [-0.2, 0) is 0 Å². The zero-order valence-electron chi connectivity index (χ0n) is 22.0. The van der Waals surface area contributed by atoms with Crippen LogP contribution in [0.15, 0.2) is 42.5 Å². The van der Waals surface area contributed by atoms with Crippen molar-refractivity contribution in [3.8, 4) is 11.5 Å². The number of fused-ring (bicyclic) bond motifs is 1. The highest BCUT2D eigenvalue weighted by atomic mass is 16.5. The summed E-state index contributed by atoms with van der Waals surface area (Å²) < 4.78 is 11.9. The third-order valence-corrected chi connectivity index (χ3v) is 8.28. The lowest BCUT2D eigenvalue weighted by Gasteiger charge is -2.37. The van der Waals surface area contributed by atoms with Gasteiger partial charge in [-0.2, -0.15) is 0 Å². The number of methoxy groups -OCH3 is 1. The molecule has 2 unspecified atom stereocenters. The van der Waals surface area contributed by atoms with Gasteiger partial charge in [0, 0.05) is 44.7 Å². The molecule has 7 nitrogen and oxygen atoms in total. The number of aliphatic hydroxyl groups excluding tert-OH is 1. The topological polar surface area (TPSA) is 74.3 Å². The smallest absolute Gasteiger partial charge is 0.255 e. The lowest BCUT2D eigenvalue weighted by atomic mass is 9.81. The molecule has 37 heavy (non-hydrogen) atoms. The van der Waals surface area contributed by atoms with E-state index in [-0.39, 0.29) is 12.0 Å². The Morgan fingerprint density at radius 1 is 1.05 bits per heavy atom. The summed E-state index contributed by atoms with van der Waals surface area (Å²) in [5.41, 5.74) is 2.44. The van der Waals surface area contributed by atoms with Gasteiger partial charge in [0.25, 0.3) is 5.91 Å². The number of benzene rings is 2. The third kappa shape index (κ3) is 6.04. The molecule has 0 bridgehead atoms. The number of piperazine rings is 1. The number of hydrogen-bond donors (Lipinski definition) is 2. The first kappa shape index (κ1) is 25.9. The van der Waals surface area contributed by atoms with Crippen LogP contribution in [0.4, 0.5) is 5.69 Å². The Kier molecular flexibility index (Phi) is 8.52. The zero-order chi connectivity index (χ0) is 25.6. The molecule has 2 fully saturated rings. The van der Waals surface area contributed by atoms with Gasteiger partial charge in [0.1, 0.15) is 17.6 Å². The average molecular weight is 508 g/mol. The lowest BCUT2D eigenvalue weighted by Crippen LogP contribution is -2.47. The molecule has 2 atom stereocenters. The second kappa shape index (κ2) is 12.2. The van der Waals surface area contributed by atoms with Crippen molar-refractivity contribution in [3.05, 3.63) is 53.6 Å². The Morgan fingerprint density at radius 3 is 2.62 bits per heavy atom. The molecule has 1 saturated carbocycles. The van der Waals surface area contributed by atoms with Crippen molar-refractivity contribution in [2.24, 2.45) is 5.92 Å². The molecule has 200 valence electrons. The molecule has 2 aromatic rings. The predicted molar refractivity (Wildman–Crippen MR) is 146 cm³/mol. The molecule has 1 aliphatic carbocycles. The maximum Gasteiger partial charge on any atom is 0.255 e. The summed E-state index contributed by atoms with van der Waals surface area (Å²) in [5, 5.41) is 13.9. The van der Waals surface area contributed by atoms with Gasteiger partial charge in [-0.3, -0.25) is 9.69 Å². The molecule has 1 saturated heterocycles. The van der Waals surface area contributed by atoms with Gasteiger partial charge in [-0.15, -0.1) is 0 Å². The number of carbonyl (C=O) groups excluding carboxylic acids is 1. The van der Waals surface area contributed by atoms with Crippen molar-refractivity contribution in [2.75, 3.05) is 51.3 Å². The number of amides is 1. The Balaban J connectivity index is 1.10. The van der Waals surface area contributed by atoms with Crippen LogP contribution in [0.25, 0.3) is 0 Å². The molecular formula is C30H41N3O4. The molecule has 1 amide bonds. The van der Waals surface area contributed by atoms with Crippen LogP contribution in [0.2, 0.25) is 0 Å². The third-order valence-electron chi connectivity index (χ3n) is 8.28. The summed E-state index contributed by atoms with van der Waals surface area (Å²) in [6.07, 6.45) is 6.97. The van der Waals surface area contributed by atoms with Crippen LogP contribution in [0.1, 0.15) is 67.0 Å². The van der Waals surface area contributed by atoms with E-state index in [1.807, 2.05) is 30.3 Å². The number of anilines is 1. The molecule has 7 heteroatoms. The van der Waals surface area contributed by atoms with Crippen molar-refractivity contribution >= 4 is 11.6 Å². The SMILES string of the molecule is COc1ccccc1N1CCN(CCCNC(=O)c2cccc3c2OC(C2CCCCC2)CC3O)CC1. The van der Waals surface area contributed by atoms with Crippen molar-refractivity contribution in [1.82, 2.24) is 10.2 Å². The van der Waals surface area contributed by atoms with Crippen molar-refractivity contribution < 1.29 is 19.4 Å². The number of rotatable bonds is 8. The van der Waals surface area contributed by atoms with Gasteiger partial charge in [-0.1, -0.05) is 43.5 Å². The molecule has 0 radical (unpaired) electrons. The standard InChI is InChI=1S/C30H41N3O4/c1-36-27-14-6-5-13-25(27)33-19-17-32(18-20-33)16-8-15-31-30(35)24-12-7-11-23-26(34)21-28(37-29(23)24)22-9-3-2-4-10-22/h5-7,11-14,22,26,28,34H,2-4,8-10,15-21H2,1H3,(H,31,35). The van der Waals surface area contributed by atoms with E-state index in [9.17, 15) is 9.90 Å². The van der Waals surface area contributed by atoms with Crippen LogP contribution in [0.3, 0.4) is 0 Å². The Hall–Kier alpha value is -2.77. The highest BCUT2D eigenvalue weighted by molar-refractivity contribution is 5.97. The summed E-state index contributed by atoms with van der Waals surface area (Å²) >= 11 is 0. The fourth-order valence-corrected chi connectivity index (χ4v) is 6.17. The molecule has 2 aromatic carbocycles. The van der Waals surface area contributed by atoms with Gasteiger partial charge in [0.2, 0.25) is 0 Å². The van der Waals surface area contributed by atoms with E-state index in [2.05, 4.69) is 27.2 Å². The van der Waals surface area contributed by atoms with Crippen LogP contribution in [0.5, 0.6) is 11.5 Å². The number of ether oxygens (including phenoxy) is 2.